The first-order chi connectivity index (χ1) is 26.3. The predicted octanol–water partition coefficient (Wildman–Crippen LogP) is 12.1. The Bertz CT molecular complexity index is 3500. The van der Waals surface area contributed by atoms with Crippen molar-refractivity contribution in [3.63, 3.8) is 0 Å². The lowest BCUT2D eigenvalue weighted by atomic mass is 9.98. The Labute approximate surface area is 302 Å². The molecule has 0 unspecified atom stereocenters. The van der Waals surface area contributed by atoms with Gasteiger partial charge < -0.3 is 9.13 Å². The van der Waals surface area contributed by atoms with E-state index in [1.54, 1.807) is 0 Å². The summed E-state index contributed by atoms with van der Waals surface area (Å²) in [5.41, 5.74) is 10.5. The van der Waals surface area contributed by atoms with Crippen LogP contribution in [0.2, 0.25) is 0 Å². The van der Waals surface area contributed by atoms with Crippen molar-refractivity contribution in [3.8, 4) is 22.5 Å². The fourth-order valence-electron chi connectivity index (χ4n) is 9.18. The van der Waals surface area contributed by atoms with Crippen LogP contribution < -0.4 is 5.56 Å². The predicted molar refractivity (Wildman–Crippen MR) is 221 cm³/mol. The van der Waals surface area contributed by atoms with E-state index in [2.05, 4.69) is 173 Å². The van der Waals surface area contributed by atoms with Crippen LogP contribution in [0.3, 0.4) is 0 Å². The molecule has 8 aromatic carbocycles. The van der Waals surface area contributed by atoms with E-state index in [1.807, 2.05) is 16.5 Å². The number of para-hydroxylation sites is 4. The average molecular weight is 676 g/mol. The molecule has 0 saturated heterocycles. The number of benzene rings is 8. The molecule has 12 aromatic rings. The largest absolute Gasteiger partial charge is 0.309 e. The van der Waals surface area contributed by atoms with Gasteiger partial charge in [-0.2, -0.15) is 0 Å². The van der Waals surface area contributed by atoms with Gasteiger partial charge in [-0.05, 0) is 65.7 Å². The van der Waals surface area contributed by atoms with E-state index in [0.29, 0.717) is 0 Å². The van der Waals surface area contributed by atoms with Crippen molar-refractivity contribution >= 4 is 81.6 Å². The van der Waals surface area contributed by atoms with Crippen molar-refractivity contribution in [1.82, 2.24) is 13.5 Å². The van der Waals surface area contributed by atoms with Gasteiger partial charge in [0.25, 0.3) is 5.56 Å². The minimum absolute atomic E-state index is 0.00716. The molecule has 0 bridgehead atoms. The third-order valence-corrected chi connectivity index (χ3v) is 11.3. The lowest BCUT2D eigenvalue weighted by molar-refractivity contribution is 1.17. The molecule has 0 amide bonds. The maximum Gasteiger partial charge on any atom is 0.265 e. The summed E-state index contributed by atoms with van der Waals surface area (Å²) in [5.74, 6) is 0. The quantitative estimate of drug-likeness (QED) is 0.172. The summed E-state index contributed by atoms with van der Waals surface area (Å²) >= 11 is 0. The Balaban J connectivity index is 1.40. The molecule has 246 valence electrons. The Kier molecular flexibility index (Phi) is 5.62. The topological polar surface area (TPSA) is 31.3 Å². The van der Waals surface area contributed by atoms with Gasteiger partial charge in [-0.1, -0.05) is 121 Å². The van der Waals surface area contributed by atoms with Gasteiger partial charge in [0.1, 0.15) is 0 Å². The molecular weight excluding hydrogens is 647 g/mol. The number of hydrogen-bond donors (Lipinski definition) is 0. The van der Waals surface area contributed by atoms with Crippen molar-refractivity contribution in [2.75, 3.05) is 0 Å². The highest BCUT2D eigenvalue weighted by Crippen LogP contribution is 2.46. The van der Waals surface area contributed by atoms with Crippen molar-refractivity contribution in [2.45, 2.75) is 0 Å². The maximum atomic E-state index is 15.6. The SMILES string of the molecule is O=c1c2c(ccc3c4ccccc4n(-c4ccccc4)c32)c2c3c(cc4c5cc(-c6ccccc6)ccc5n1c42)c1ccccc1n3-c1ccccc1. The fourth-order valence-corrected chi connectivity index (χ4v) is 9.18. The fraction of sp³-hybridized carbons (Fsp3) is 0. The Hall–Kier alpha value is -7.17. The highest BCUT2D eigenvalue weighted by atomic mass is 16.1. The second-order valence-electron chi connectivity index (χ2n) is 14.0. The van der Waals surface area contributed by atoms with Gasteiger partial charge in [-0.3, -0.25) is 9.20 Å². The monoisotopic (exact) mass is 675 g/mol. The van der Waals surface area contributed by atoms with E-state index < -0.39 is 0 Å². The van der Waals surface area contributed by atoms with E-state index in [1.165, 1.54) is 10.8 Å². The molecule has 0 radical (unpaired) electrons. The van der Waals surface area contributed by atoms with Gasteiger partial charge in [0, 0.05) is 54.5 Å². The summed E-state index contributed by atoms with van der Waals surface area (Å²) in [6.45, 7) is 0. The molecule has 0 spiro atoms. The van der Waals surface area contributed by atoms with E-state index in [9.17, 15) is 0 Å². The molecular formula is C49H29N3O. The third kappa shape index (κ3) is 3.71. The summed E-state index contributed by atoms with van der Waals surface area (Å²) in [4.78, 5) is 15.6. The smallest absolute Gasteiger partial charge is 0.265 e. The van der Waals surface area contributed by atoms with Gasteiger partial charge >= 0.3 is 0 Å². The van der Waals surface area contributed by atoms with Crippen molar-refractivity contribution in [2.24, 2.45) is 0 Å². The first-order valence-electron chi connectivity index (χ1n) is 18.1. The zero-order valence-corrected chi connectivity index (χ0v) is 28.5. The van der Waals surface area contributed by atoms with Gasteiger partial charge in [-0.25, -0.2) is 0 Å². The second-order valence-corrected chi connectivity index (χ2v) is 14.0. The lowest BCUT2D eigenvalue weighted by Crippen LogP contribution is -2.14. The van der Waals surface area contributed by atoms with Crippen LogP contribution >= 0.6 is 0 Å². The van der Waals surface area contributed by atoms with Gasteiger partial charge in [-0.15, -0.1) is 0 Å². The van der Waals surface area contributed by atoms with Crippen LogP contribution in [-0.4, -0.2) is 13.5 Å². The molecule has 0 aliphatic carbocycles. The normalized spacial score (nSPS) is 12.2. The third-order valence-electron chi connectivity index (χ3n) is 11.3. The summed E-state index contributed by atoms with van der Waals surface area (Å²) in [6, 6.07) is 62.1. The van der Waals surface area contributed by atoms with Crippen molar-refractivity contribution in [1.29, 1.82) is 0 Å². The summed E-state index contributed by atoms with van der Waals surface area (Å²) in [6.07, 6.45) is 0. The zero-order valence-electron chi connectivity index (χ0n) is 28.5. The van der Waals surface area contributed by atoms with Crippen LogP contribution in [0.4, 0.5) is 0 Å². The van der Waals surface area contributed by atoms with E-state index in [-0.39, 0.29) is 5.56 Å². The highest BCUT2D eigenvalue weighted by Gasteiger charge is 2.26. The minimum Gasteiger partial charge on any atom is -0.309 e. The molecule has 0 atom stereocenters. The number of rotatable bonds is 3. The van der Waals surface area contributed by atoms with Crippen molar-refractivity contribution < 1.29 is 0 Å². The Morgan fingerprint density at radius 3 is 1.51 bits per heavy atom. The molecule has 0 N–H and O–H groups in total. The molecule has 12 rings (SSSR count). The number of pyridine rings is 1. The summed E-state index contributed by atoms with van der Waals surface area (Å²) in [5, 5.41) is 9.45. The van der Waals surface area contributed by atoms with Crippen LogP contribution in [0, 0.1) is 0 Å². The standard InChI is InChI=1S/C49H29N3O/c53-49-45-37(26-25-36-34-20-10-12-22-41(34)50(46(36)45)32-16-6-2-7-17-32)44-47-39(35-21-11-13-23-42(35)51(47)33-18-8-3-9-19-33)29-40-38-28-31(30-14-4-1-5-15-30)24-27-43(38)52(49)48(40)44/h1-29H. The first-order valence-corrected chi connectivity index (χ1v) is 18.1. The molecule has 0 fully saturated rings. The average Bonchev–Trinajstić information content (AvgIpc) is 3.86. The van der Waals surface area contributed by atoms with E-state index >= 15 is 4.79 Å². The summed E-state index contributed by atoms with van der Waals surface area (Å²) < 4.78 is 6.69. The van der Waals surface area contributed by atoms with Crippen LogP contribution in [0.25, 0.3) is 104 Å². The number of aromatic nitrogens is 3. The van der Waals surface area contributed by atoms with Gasteiger partial charge in [0.2, 0.25) is 0 Å². The molecule has 0 saturated carbocycles. The second kappa shape index (κ2) is 10.4. The molecule has 4 aromatic heterocycles. The van der Waals surface area contributed by atoms with E-state index in [0.717, 1.165) is 93.3 Å². The Morgan fingerprint density at radius 2 is 0.849 bits per heavy atom. The van der Waals surface area contributed by atoms with Crippen LogP contribution in [0.5, 0.6) is 0 Å². The van der Waals surface area contributed by atoms with Crippen LogP contribution in [-0.2, 0) is 0 Å². The van der Waals surface area contributed by atoms with Crippen LogP contribution in [0.15, 0.2) is 181 Å². The molecule has 4 heteroatoms. The lowest BCUT2D eigenvalue weighted by Gasteiger charge is -2.14. The molecule has 4 heterocycles. The maximum absolute atomic E-state index is 15.6. The molecule has 0 aliphatic heterocycles. The van der Waals surface area contributed by atoms with Gasteiger partial charge in [0.05, 0.1) is 38.5 Å². The molecule has 0 aliphatic rings. The highest BCUT2D eigenvalue weighted by molar-refractivity contribution is 6.34. The van der Waals surface area contributed by atoms with Gasteiger partial charge in [0.15, 0.2) is 0 Å². The number of hydrogen-bond acceptors (Lipinski definition) is 1. The number of nitrogens with zero attached hydrogens (tertiary/aromatic N) is 3. The number of fused-ring (bicyclic) bond motifs is 13. The molecule has 53 heavy (non-hydrogen) atoms. The zero-order chi connectivity index (χ0) is 34.8. The first kappa shape index (κ1) is 28.5. The summed E-state index contributed by atoms with van der Waals surface area (Å²) in [7, 11) is 0. The molecule has 4 nitrogen and oxygen atoms in total. The van der Waals surface area contributed by atoms with E-state index in [4.69, 9.17) is 0 Å². The minimum atomic E-state index is -0.00716. The van der Waals surface area contributed by atoms with Crippen molar-refractivity contribution in [3.05, 3.63) is 186 Å². The Morgan fingerprint density at radius 1 is 0.321 bits per heavy atom. The van der Waals surface area contributed by atoms with Crippen LogP contribution in [0.1, 0.15) is 0 Å².